The second kappa shape index (κ2) is 8.39. The molecule has 0 fully saturated rings. The fourth-order valence-electron chi connectivity index (χ4n) is 1.30. The molecule has 0 radical (unpaired) electrons. The molecule has 0 aliphatic rings. The van der Waals surface area contributed by atoms with Crippen LogP contribution >= 0.6 is 35.0 Å². The second-order valence-electron chi connectivity index (χ2n) is 3.87. The number of halogens is 2. The zero-order valence-corrected chi connectivity index (χ0v) is 13.4. The molecule has 1 amide bonds. The van der Waals surface area contributed by atoms with Crippen LogP contribution in [0.5, 0.6) is 0 Å². The highest BCUT2D eigenvalue weighted by Crippen LogP contribution is 2.26. The fraction of sp³-hybridized carbons (Fsp3) is 0.385. The van der Waals surface area contributed by atoms with E-state index >= 15 is 0 Å². The third-order valence-corrected chi connectivity index (χ3v) is 3.99. The Bertz CT molecular complexity index is 497. The topological polar surface area (TPSA) is 55.4 Å². The number of anilines is 1. The van der Waals surface area contributed by atoms with Crippen LogP contribution in [0.3, 0.4) is 0 Å². The van der Waals surface area contributed by atoms with Gasteiger partial charge in [-0.3, -0.25) is 9.59 Å². The van der Waals surface area contributed by atoms with Crippen molar-refractivity contribution in [1.29, 1.82) is 0 Å². The first-order valence-corrected chi connectivity index (χ1v) is 7.77. The molecule has 0 aromatic heterocycles. The van der Waals surface area contributed by atoms with Crippen molar-refractivity contribution in [2.45, 2.75) is 19.1 Å². The summed E-state index contributed by atoms with van der Waals surface area (Å²) in [5.74, 6) is -0.451. The van der Waals surface area contributed by atoms with E-state index in [0.717, 1.165) is 0 Å². The van der Waals surface area contributed by atoms with Crippen LogP contribution in [-0.4, -0.2) is 29.5 Å². The van der Waals surface area contributed by atoms with E-state index in [1.54, 1.807) is 32.0 Å². The van der Waals surface area contributed by atoms with Gasteiger partial charge in [-0.25, -0.2) is 0 Å². The van der Waals surface area contributed by atoms with E-state index in [1.807, 2.05) is 0 Å². The molecule has 4 nitrogen and oxygen atoms in total. The quantitative estimate of drug-likeness (QED) is 0.806. The molecular formula is C13H15Cl2NO3S. The molecule has 0 aliphatic carbocycles. The average molecular weight is 336 g/mol. The summed E-state index contributed by atoms with van der Waals surface area (Å²) in [7, 11) is 0. The van der Waals surface area contributed by atoms with Crippen LogP contribution in [0.1, 0.15) is 13.8 Å². The van der Waals surface area contributed by atoms with Crippen LogP contribution in [0.25, 0.3) is 0 Å². The molecule has 1 aromatic carbocycles. The molecule has 1 aromatic rings. The first-order chi connectivity index (χ1) is 9.43. The van der Waals surface area contributed by atoms with Crippen molar-refractivity contribution < 1.29 is 14.3 Å². The van der Waals surface area contributed by atoms with E-state index in [4.69, 9.17) is 27.9 Å². The zero-order valence-electron chi connectivity index (χ0n) is 11.1. The predicted octanol–water partition coefficient (Wildman–Crippen LogP) is 3.62. The number of thioether (sulfide) groups is 1. The molecule has 1 N–H and O–H groups in total. The van der Waals surface area contributed by atoms with Gasteiger partial charge < -0.3 is 10.1 Å². The van der Waals surface area contributed by atoms with Crippen molar-refractivity contribution in [3.05, 3.63) is 28.2 Å². The van der Waals surface area contributed by atoms with E-state index in [1.165, 1.54) is 11.8 Å². The van der Waals surface area contributed by atoms with Gasteiger partial charge in [-0.1, -0.05) is 23.2 Å². The van der Waals surface area contributed by atoms with E-state index < -0.39 is 5.25 Å². The minimum Gasteiger partial charge on any atom is -0.465 e. The fourth-order valence-corrected chi connectivity index (χ4v) is 2.32. The molecule has 20 heavy (non-hydrogen) atoms. The lowest BCUT2D eigenvalue weighted by molar-refractivity contribution is -0.139. The van der Waals surface area contributed by atoms with Crippen LogP contribution in [-0.2, 0) is 14.3 Å². The third-order valence-electron chi connectivity index (χ3n) is 2.31. The molecule has 7 heteroatoms. The van der Waals surface area contributed by atoms with Crippen molar-refractivity contribution in [2.75, 3.05) is 17.7 Å². The first-order valence-electron chi connectivity index (χ1n) is 5.97. The van der Waals surface area contributed by atoms with Gasteiger partial charge in [0, 0.05) is 5.02 Å². The number of carbonyl (C=O) groups excluding carboxylic acids is 2. The molecule has 0 heterocycles. The Kier molecular flexibility index (Phi) is 7.19. The highest BCUT2D eigenvalue weighted by molar-refractivity contribution is 8.01. The monoisotopic (exact) mass is 335 g/mol. The number of benzene rings is 1. The number of hydrogen-bond donors (Lipinski definition) is 1. The second-order valence-corrected chi connectivity index (χ2v) is 6.04. The highest BCUT2D eigenvalue weighted by atomic mass is 35.5. The van der Waals surface area contributed by atoms with Crippen molar-refractivity contribution in [3.8, 4) is 0 Å². The van der Waals surface area contributed by atoms with E-state index in [0.29, 0.717) is 22.3 Å². The largest absolute Gasteiger partial charge is 0.465 e. The van der Waals surface area contributed by atoms with Gasteiger partial charge in [0.2, 0.25) is 5.91 Å². The molecule has 1 rings (SSSR count). The molecule has 0 saturated heterocycles. The molecule has 0 bridgehead atoms. The lowest BCUT2D eigenvalue weighted by Gasteiger charge is -2.12. The van der Waals surface area contributed by atoms with Gasteiger partial charge in [0.25, 0.3) is 0 Å². The predicted molar refractivity (Wildman–Crippen MR) is 83.6 cm³/mol. The molecule has 0 aliphatic heterocycles. The van der Waals surface area contributed by atoms with E-state index in [2.05, 4.69) is 5.32 Å². The molecule has 1 atom stereocenters. The zero-order chi connectivity index (χ0) is 15.1. The van der Waals surface area contributed by atoms with Gasteiger partial charge in [0.05, 0.1) is 28.3 Å². The van der Waals surface area contributed by atoms with Crippen LogP contribution in [0, 0.1) is 0 Å². The Balaban J connectivity index is 2.53. The van der Waals surface area contributed by atoms with Crippen LogP contribution in [0.2, 0.25) is 10.0 Å². The lowest BCUT2D eigenvalue weighted by Crippen LogP contribution is -2.24. The highest BCUT2D eigenvalue weighted by Gasteiger charge is 2.17. The normalized spacial score (nSPS) is 11.8. The number of esters is 1. The smallest absolute Gasteiger partial charge is 0.315 e. The average Bonchev–Trinajstić information content (AvgIpc) is 2.40. The van der Waals surface area contributed by atoms with Crippen molar-refractivity contribution >= 4 is 52.5 Å². The maximum atomic E-state index is 12.0. The van der Waals surface area contributed by atoms with E-state index in [9.17, 15) is 9.59 Å². The molecule has 0 spiro atoms. The number of hydrogen-bond acceptors (Lipinski definition) is 4. The maximum Gasteiger partial charge on any atom is 0.315 e. The van der Waals surface area contributed by atoms with Crippen LogP contribution in [0.15, 0.2) is 18.2 Å². The Morgan fingerprint density at radius 2 is 2.10 bits per heavy atom. The Labute approximate surface area is 132 Å². The van der Waals surface area contributed by atoms with Gasteiger partial charge >= 0.3 is 5.97 Å². The number of nitrogens with one attached hydrogen (secondary N) is 1. The number of rotatable bonds is 6. The summed E-state index contributed by atoms with van der Waals surface area (Å²) in [6.45, 7) is 3.77. The minimum atomic E-state index is -0.408. The van der Waals surface area contributed by atoms with Crippen molar-refractivity contribution in [3.63, 3.8) is 0 Å². The number of carbonyl (C=O) groups is 2. The summed E-state index contributed by atoms with van der Waals surface area (Å²) in [5.41, 5.74) is 0.452. The Hall–Kier alpha value is -0.910. The molecule has 0 saturated carbocycles. The van der Waals surface area contributed by atoms with Gasteiger partial charge in [-0.15, -0.1) is 11.8 Å². The molecule has 0 unspecified atom stereocenters. The van der Waals surface area contributed by atoms with E-state index in [-0.39, 0.29) is 17.6 Å². The summed E-state index contributed by atoms with van der Waals surface area (Å²) in [6.07, 6.45) is 0. The Morgan fingerprint density at radius 3 is 2.75 bits per heavy atom. The van der Waals surface area contributed by atoms with Gasteiger partial charge in [-0.2, -0.15) is 0 Å². The first kappa shape index (κ1) is 17.1. The Morgan fingerprint density at radius 1 is 1.40 bits per heavy atom. The number of ether oxygens (including phenoxy) is 1. The van der Waals surface area contributed by atoms with Crippen LogP contribution < -0.4 is 5.32 Å². The number of amides is 1. The third kappa shape index (κ3) is 5.61. The summed E-state index contributed by atoms with van der Waals surface area (Å²) in [4.78, 5) is 23.2. The van der Waals surface area contributed by atoms with Crippen LogP contribution in [0.4, 0.5) is 5.69 Å². The van der Waals surface area contributed by atoms with Gasteiger partial charge in [-0.05, 0) is 32.0 Å². The lowest BCUT2D eigenvalue weighted by atomic mass is 10.3. The van der Waals surface area contributed by atoms with Gasteiger partial charge in [0.1, 0.15) is 0 Å². The standard InChI is InChI=1S/C13H15Cl2NO3S/c1-3-19-12(17)7-20-8(2)13(18)16-11-6-9(14)4-5-10(11)15/h4-6,8H,3,7H2,1-2H3,(H,16,18)/t8-/m1/s1. The van der Waals surface area contributed by atoms with Crippen molar-refractivity contribution in [1.82, 2.24) is 0 Å². The molecule has 110 valence electrons. The van der Waals surface area contributed by atoms with Gasteiger partial charge in [0.15, 0.2) is 0 Å². The summed E-state index contributed by atoms with van der Waals surface area (Å²) in [6, 6.07) is 4.82. The van der Waals surface area contributed by atoms with Crippen molar-refractivity contribution in [2.24, 2.45) is 0 Å². The summed E-state index contributed by atoms with van der Waals surface area (Å²) in [5, 5.41) is 3.16. The molecular weight excluding hydrogens is 321 g/mol. The summed E-state index contributed by atoms with van der Waals surface area (Å²) < 4.78 is 4.80. The SMILES string of the molecule is CCOC(=O)CS[C@H](C)C(=O)Nc1cc(Cl)ccc1Cl. The summed E-state index contributed by atoms with van der Waals surface area (Å²) >= 11 is 13.0. The minimum absolute atomic E-state index is 0.131. The maximum absolute atomic E-state index is 12.0.